The highest BCUT2D eigenvalue weighted by atomic mass is 16.5. The van der Waals surface area contributed by atoms with Gasteiger partial charge in [-0.25, -0.2) is 0 Å². The predicted molar refractivity (Wildman–Crippen MR) is 82.8 cm³/mol. The van der Waals surface area contributed by atoms with Crippen molar-refractivity contribution in [1.29, 1.82) is 0 Å². The van der Waals surface area contributed by atoms with Crippen molar-refractivity contribution in [2.75, 3.05) is 6.61 Å². The smallest absolute Gasteiger partial charge is 0.127 e. The van der Waals surface area contributed by atoms with Gasteiger partial charge in [-0.1, -0.05) is 60.1 Å². The maximum Gasteiger partial charge on any atom is 0.127 e. The number of ether oxygens (including phenoxy) is 1. The number of hydrogen-bond donors (Lipinski definition) is 0. The van der Waals surface area contributed by atoms with Gasteiger partial charge in [0.15, 0.2) is 0 Å². The van der Waals surface area contributed by atoms with Gasteiger partial charge in [-0.05, 0) is 35.3 Å². The minimum atomic E-state index is 0.127. The largest absolute Gasteiger partial charge is 0.493 e. The number of benzene rings is 1. The highest BCUT2D eigenvalue weighted by Gasteiger charge is 2.27. The molecule has 0 spiro atoms. The lowest BCUT2D eigenvalue weighted by molar-refractivity contribution is 0.280. The maximum absolute atomic E-state index is 5.76. The van der Waals surface area contributed by atoms with Gasteiger partial charge in [-0.2, -0.15) is 0 Å². The summed E-state index contributed by atoms with van der Waals surface area (Å²) in [7, 11) is 0. The molecule has 0 amide bonds. The lowest BCUT2D eigenvalue weighted by atomic mass is 9.72. The first-order valence-corrected chi connectivity index (χ1v) is 7.40. The van der Waals surface area contributed by atoms with Crippen LogP contribution in [0.2, 0.25) is 0 Å². The standard InChI is InChI=1S/C18H29O/c1-7-8-12-19-16-11-9-10-15(13-16)18(5,6)14-17(2,3)4/h9-11H,7-8,12,14H2,1-6H3. The van der Waals surface area contributed by atoms with E-state index in [-0.39, 0.29) is 5.41 Å². The zero-order valence-corrected chi connectivity index (χ0v) is 13.5. The Morgan fingerprint density at radius 3 is 2.37 bits per heavy atom. The van der Waals surface area contributed by atoms with Crippen molar-refractivity contribution in [3.63, 3.8) is 0 Å². The summed E-state index contributed by atoms with van der Waals surface area (Å²) in [5.41, 5.74) is 1.69. The Morgan fingerprint density at radius 2 is 1.79 bits per heavy atom. The zero-order valence-electron chi connectivity index (χ0n) is 13.5. The Kier molecular flexibility index (Phi) is 5.46. The van der Waals surface area contributed by atoms with Crippen molar-refractivity contribution < 1.29 is 4.74 Å². The lowest BCUT2D eigenvalue weighted by Gasteiger charge is -2.33. The first-order valence-electron chi connectivity index (χ1n) is 7.40. The van der Waals surface area contributed by atoms with E-state index in [1.807, 2.05) is 6.07 Å². The van der Waals surface area contributed by atoms with E-state index in [0.717, 1.165) is 31.6 Å². The zero-order chi connectivity index (χ0) is 14.5. The van der Waals surface area contributed by atoms with Crippen molar-refractivity contribution in [2.45, 2.75) is 66.2 Å². The van der Waals surface area contributed by atoms with E-state index < -0.39 is 0 Å². The quantitative estimate of drug-likeness (QED) is 0.625. The molecule has 0 aliphatic rings. The molecule has 0 atom stereocenters. The third-order valence-electron chi connectivity index (χ3n) is 3.23. The molecule has 19 heavy (non-hydrogen) atoms. The molecule has 0 fully saturated rings. The summed E-state index contributed by atoms with van der Waals surface area (Å²) < 4.78 is 5.76. The molecule has 1 aromatic carbocycles. The molecule has 1 radical (unpaired) electrons. The van der Waals surface area contributed by atoms with Crippen LogP contribution in [0.15, 0.2) is 18.2 Å². The van der Waals surface area contributed by atoms with E-state index in [4.69, 9.17) is 4.74 Å². The Balaban J connectivity index is 2.80. The second kappa shape index (κ2) is 6.45. The van der Waals surface area contributed by atoms with Crippen LogP contribution in [-0.4, -0.2) is 6.61 Å². The molecule has 0 saturated carbocycles. The van der Waals surface area contributed by atoms with Crippen LogP contribution < -0.4 is 4.74 Å². The van der Waals surface area contributed by atoms with Crippen molar-refractivity contribution in [2.24, 2.45) is 5.41 Å². The van der Waals surface area contributed by atoms with Gasteiger partial charge in [0.1, 0.15) is 5.75 Å². The van der Waals surface area contributed by atoms with Crippen LogP contribution in [0.4, 0.5) is 0 Å². The van der Waals surface area contributed by atoms with E-state index in [2.05, 4.69) is 59.7 Å². The molecule has 0 aliphatic carbocycles. The third kappa shape index (κ3) is 5.67. The van der Waals surface area contributed by atoms with Crippen molar-refractivity contribution in [1.82, 2.24) is 0 Å². The number of rotatable bonds is 6. The van der Waals surface area contributed by atoms with E-state index in [1.165, 1.54) is 5.56 Å². The summed E-state index contributed by atoms with van der Waals surface area (Å²) in [5, 5.41) is 0. The summed E-state index contributed by atoms with van der Waals surface area (Å²) in [6.45, 7) is 14.4. The van der Waals surface area contributed by atoms with Gasteiger partial charge < -0.3 is 4.74 Å². The van der Waals surface area contributed by atoms with E-state index >= 15 is 0 Å². The topological polar surface area (TPSA) is 9.23 Å². The monoisotopic (exact) mass is 261 g/mol. The Bertz CT molecular complexity index is 385. The average Bonchev–Trinajstić information content (AvgIpc) is 2.27. The SMILES string of the molecule is CCCCOc1[c]c(C(C)(C)CC(C)(C)C)ccc1. The molecule has 0 aliphatic heterocycles. The van der Waals surface area contributed by atoms with Gasteiger partial charge in [-0.3, -0.25) is 0 Å². The first kappa shape index (κ1) is 16.1. The molecular weight excluding hydrogens is 232 g/mol. The third-order valence-corrected chi connectivity index (χ3v) is 3.23. The molecule has 107 valence electrons. The fourth-order valence-corrected chi connectivity index (χ4v) is 2.67. The summed E-state index contributed by atoms with van der Waals surface area (Å²) in [6, 6.07) is 9.70. The highest BCUT2D eigenvalue weighted by Crippen LogP contribution is 2.36. The molecule has 0 N–H and O–H groups in total. The molecule has 0 unspecified atom stereocenters. The molecule has 0 heterocycles. The second-order valence-electron chi connectivity index (χ2n) is 7.25. The molecule has 1 nitrogen and oxygen atoms in total. The first-order chi connectivity index (χ1) is 8.74. The van der Waals surface area contributed by atoms with E-state index in [0.29, 0.717) is 5.41 Å². The van der Waals surface area contributed by atoms with Gasteiger partial charge in [0.05, 0.1) is 6.61 Å². The normalized spacial score (nSPS) is 12.5. The van der Waals surface area contributed by atoms with Crippen molar-refractivity contribution >= 4 is 0 Å². The van der Waals surface area contributed by atoms with Gasteiger partial charge in [0.2, 0.25) is 0 Å². The number of unbranched alkanes of at least 4 members (excludes halogenated alkanes) is 1. The van der Waals surface area contributed by atoms with E-state index in [9.17, 15) is 0 Å². The van der Waals surface area contributed by atoms with Crippen molar-refractivity contribution in [3.8, 4) is 5.75 Å². The summed E-state index contributed by atoms with van der Waals surface area (Å²) in [6.07, 6.45) is 3.40. The maximum atomic E-state index is 5.76. The molecule has 0 saturated heterocycles. The fourth-order valence-electron chi connectivity index (χ4n) is 2.67. The molecule has 0 aromatic heterocycles. The minimum Gasteiger partial charge on any atom is -0.493 e. The molecule has 1 rings (SSSR count). The van der Waals surface area contributed by atoms with E-state index in [1.54, 1.807) is 0 Å². The molecule has 0 bridgehead atoms. The molecular formula is C18H29O. The minimum absolute atomic E-state index is 0.127. The highest BCUT2D eigenvalue weighted by molar-refractivity contribution is 5.31. The van der Waals surface area contributed by atoms with Crippen molar-refractivity contribution in [3.05, 3.63) is 29.8 Å². The van der Waals surface area contributed by atoms with Crippen LogP contribution in [0.3, 0.4) is 0 Å². The summed E-state index contributed by atoms with van der Waals surface area (Å²) in [4.78, 5) is 0. The molecule has 1 heteroatoms. The predicted octanol–water partition coefficient (Wildman–Crippen LogP) is 5.38. The van der Waals surface area contributed by atoms with Crippen LogP contribution >= 0.6 is 0 Å². The Morgan fingerprint density at radius 1 is 1.11 bits per heavy atom. The lowest BCUT2D eigenvalue weighted by Crippen LogP contribution is -2.24. The average molecular weight is 261 g/mol. The number of hydrogen-bond acceptors (Lipinski definition) is 1. The molecule has 1 aromatic rings. The van der Waals surface area contributed by atoms with Gasteiger partial charge in [0, 0.05) is 6.07 Å². The fraction of sp³-hybridized carbons (Fsp3) is 0.667. The van der Waals surface area contributed by atoms with Crippen LogP contribution in [0, 0.1) is 11.5 Å². The van der Waals surface area contributed by atoms with Crippen LogP contribution in [0.1, 0.15) is 66.4 Å². The van der Waals surface area contributed by atoms with Gasteiger partial charge in [0.25, 0.3) is 0 Å². The second-order valence-corrected chi connectivity index (χ2v) is 7.25. The van der Waals surface area contributed by atoms with Crippen LogP contribution in [0.25, 0.3) is 0 Å². The van der Waals surface area contributed by atoms with Crippen LogP contribution in [-0.2, 0) is 5.41 Å². The van der Waals surface area contributed by atoms with Gasteiger partial charge in [-0.15, -0.1) is 0 Å². The summed E-state index contributed by atoms with van der Waals surface area (Å²) >= 11 is 0. The Hall–Kier alpha value is -0.980. The van der Waals surface area contributed by atoms with Crippen LogP contribution in [0.5, 0.6) is 5.75 Å². The van der Waals surface area contributed by atoms with Gasteiger partial charge >= 0.3 is 0 Å². The summed E-state index contributed by atoms with van der Waals surface area (Å²) in [5.74, 6) is 0.882. The Labute approximate surface area is 119 Å².